The molecule has 1 aromatic carbocycles. The van der Waals surface area contributed by atoms with Gasteiger partial charge in [-0.05, 0) is 25.8 Å². The molecular weight excluding hydrogens is 240 g/mol. The second-order valence-electron chi connectivity index (χ2n) is 4.79. The van der Waals surface area contributed by atoms with Crippen LogP contribution in [0.2, 0.25) is 0 Å². The van der Waals surface area contributed by atoms with E-state index in [2.05, 4.69) is 9.97 Å². The Kier molecular flexibility index (Phi) is 3.69. The lowest BCUT2D eigenvalue weighted by Gasteiger charge is -2.08. The minimum Gasteiger partial charge on any atom is -0.493 e. The molecule has 0 amide bonds. The van der Waals surface area contributed by atoms with Gasteiger partial charge in [0, 0.05) is 5.56 Å². The van der Waals surface area contributed by atoms with Crippen molar-refractivity contribution >= 4 is 0 Å². The number of aryl methyl sites for hydroxylation is 2. The first-order chi connectivity index (χ1) is 9.02. The molecule has 0 fully saturated rings. The molecule has 19 heavy (non-hydrogen) atoms. The van der Waals surface area contributed by atoms with E-state index in [1.807, 2.05) is 39.0 Å². The fraction of sp³-hybridized carbons (Fsp3) is 0.333. The second-order valence-corrected chi connectivity index (χ2v) is 4.79. The number of rotatable bonds is 3. The van der Waals surface area contributed by atoms with Crippen LogP contribution in [-0.4, -0.2) is 15.1 Å². The van der Waals surface area contributed by atoms with Gasteiger partial charge >= 0.3 is 0 Å². The van der Waals surface area contributed by atoms with Gasteiger partial charge in [-0.2, -0.15) is 4.98 Å². The summed E-state index contributed by atoms with van der Waals surface area (Å²) in [6.07, 6.45) is 1.32. The quantitative estimate of drug-likeness (QED) is 0.889. The summed E-state index contributed by atoms with van der Waals surface area (Å²) in [4.78, 5) is 18.8. The van der Waals surface area contributed by atoms with Crippen molar-refractivity contribution in [2.75, 3.05) is 0 Å². The molecule has 100 valence electrons. The Morgan fingerprint density at radius 2 is 2.05 bits per heavy atom. The number of aromatic amines is 1. The molecular formula is C15H18N2O2. The average molecular weight is 258 g/mol. The van der Waals surface area contributed by atoms with Gasteiger partial charge in [-0.1, -0.05) is 37.1 Å². The van der Waals surface area contributed by atoms with Crippen LogP contribution in [-0.2, 0) is 6.42 Å². The van der Waals surface area contributed by atoms with Gasteiger partial charge in [-0.25, -0.2) is 0 Å². The first kappa shape index (κ1) is 13.3. The smallest absolute Gasteiger partial charge is 0.258 e. The van der Waals surface area contributed by atoms with Crippen molar-refractivity contribution in [2.45, 2.75) is 33.6 Å². The van der Waals surface area contributed by atoms with Gasteiger partial charge in [0.25, 0.3) is 5.56 Å². The van der Waals surface area contributed by atoms with Crippen LogP contribution in [0.3, 0.4) is 0 Å². The van der Waals surface area contributed by atoms with Crippen LogP contribution in [0.15, 0.2) is 23.0 Å². The van der Waals surface area contributed by atoms with E-state index >= 15 is 0 Å². The molecule has 4 nitrogen and oxygen atoms in total. The molecule has 4 heteroatoms. The van der Waals surface area contributed by atoms with Gasteiger partial charge in [-0.15, -0.1) is 0 Å². The second kappa shape index (κ2) is 5.26. The third-order valence-corrected chi connectivity index (χ3v) is 3.13. The van der Waals surface area contributed by atoms with Gasteiger partial charge in [0.2, 0.25) is 5.88 Å². The van der Waals surface area contributed by atoms with Crippen LogP contribution in [0.4, 0.5) is 0 Å². The first-order valence-electron chi connectivity index (χ1n) is 6.42. The topological polar surface area (TPSA) is 66.0 Å². The van der Waals surface area contributed by atoms with Crippen molar-refractivity contribution in [3.8, 4) is 17.3 Å². The highest BCUT2D eigenvalue weighted by Gasteiger charge is 2.12. The van der Waals surface area contributed by atoms with Crippen LogP contribution < -0.4 is 5.56 Å². The summed E-state index contributed by atoms with van der Waals surface area (Å²) in [5.41, 5.74) is 3.10. The largest absolute Gasteiger partial charge is 0.493 e. The van der Waals surface area contributed by atoms with Crippen LogP contribution in [0.25, 0.3) is 11.4 Å². The van der Waals surface area contributed by atoms with E-state index in [9.17, 15) is 9.90 Å². The van der Waals surface area contributed by atoms with Gasteiger partial charge in [-0.3, -0.25) is 4.79 Å². The fourth-order valence-electron chi connectivity index (χ4n) is 2.17. The maximum absolute atomic E-state index is 11.9. The van der Waals surface area contributed by atoms with Crippen molar-refractivity contribution in [1.29, 1.82) is 0 Å². The summed E-state index contributed by atoms with van der Waals surface area (Å²) in [7, 11) is 0. The predicted molar refractivity (Wildman–Crippen MR) is 75.4 cm³/mol. The summed E-state index contributed by atoms with van der Waals surface area (Å²) in [5, 5.41) is 9.88. The van der Waals surface area contributed by atoms with Gasteiger partial charge in [0.15, 0.2) is 0 Å². The maximum Gasteiger partial charge on any atom is 0.258 e. The number of aromatic hydroxyl groups is 1. The summed E-state index contributed by atoms with van der Waals surface area (Å²) in [6.45, 7) is 5.92. The highest BCUT2D eigenvalue weighted by Crippen LogP contribution is 2.22. The van der Waals surface area contributed by atoms with E-state index in [0.717, 1.165) is 23.1 Å². The van der Waals surface area contributed by atoms with E-state index in [-0.39, 0.29) is 11.4 Å². The van der Waals surface area contributed by atoms with Crippen molar-refractivity contribution in [2.24, 2.45) is 0 Å². The molecule has 0 radical (unpaired) electrons. The van der Waals surface area contributed by atoms with Crippen molar-refractivity contribution in [1.82, 2.24) is 9.97 Å². The molecule has 0 saturated carbocycles. The molecule has 0 saturated heterocycles. The molecule has 0 unspecified atom stereocenters. The van der Waals surface area contributed by atoms with Gasteiger partial charge in [0.05, 0.1) is 5.56 Å². The van der Waals surface area contributed by atoms with E-state index < -0.39 is 0 Å². The lowest BCUT2D eigenvalue weighted by molar-refractivity contribution is 0.443. The lowest BCUT2D eigenvalue weighted by atomic mass is 10.0. The molecule has 0 spiro atoms. The number of nitrogens with zero attached hydrogens (tertiary/aromatic N) is 1. The molecule has 0 bridgehead atoms. The van der Waals surface area contributed by atoms with Crippen molar-refractivity contribution in [3.05, 3.63) is 45.2 Å². The molecule has 2 N–H and O–H groups in total. The Balaban J connectivity index is 2.55. The normalized spacial score (nSPS) is 10.7. The summed E-state index contributed by atoms with van der Waals surface area (Å²) < 4.78 is 0. The van der Waals surface area contributed by atoms with Crippen LogP contribution in [0.1, 0.15) is 30.0 Å². The van der Waals surface area contributed by atoms with E-state index in [1.165, 1.54) is 0 Å². The molecule has 0 aliphatic rings. The van der Waals surface area contributed by atoms with E-state index in [1.54, 1.807) is 0 Å². The highest BCUT2D eigenvalue weighted by molar-refractivity contribution is 5.61. The van der Waals surface area contributed by atoms with Crippen molar-refractivity contribution < 1.29 is 5.11 Å². The summed E-state index contributed by atoms with van der Waals surface area (Å²) in [5.74, 6) is 0.250. The Hall–Kier alpha value is -2.10. The first-order valence-corrected chi connectivity index (χ1v) is 6.42. The third kappa shape index (κ3) is 2.67. The predicted octanol–water partition coefficient (Wildman–Crippen LogP) is 2.71. The highest BCUT2D eigenvalue weighted by atomic mass is 16.3. The average Bonchev–Trinajstić information content (AvgIpc) is 2.33. The fourth-order valence-corrected chi connectivity index (χ4v) is 2.17. The zero-order valence-electron chi connectivity index (χ0n) is 11.4. The Bertz CT molecular complexity index is 660. The number of H-pyrrole nitrogens is 1. The van der Waals surface area contributed by atoms with E-state index in [4.69, 9.17) is 0 Å². The molecule has 1 aromatic heterocycles. The molecule has 0 aliphatic carbocycles. The minimum absolute atomic E-state index is 0.166. The summed E-state index contributed by atoms with van der Waals surface area (Å²) in [6, 6.07) is 5.88. The molecule has 0 atom stereocenters. The number of aromatic nitrogens is 2. The van der Waals surface area contributed by atoms with Crippen LogP contribution >= 0.6 is 0 Å². The molecule has 2 rings (SSSR count). The monoisotopic (exact) mass is 258 g/mol. The zero-order valence-corrected chi connectivity index (χ0v) is 11.4. The zero-order chi connectivity index (χ0) is 14.0. The Morgan fingerprint density at radius 1 is 1.32 bits per heavy atom. The van der Waals surface area contributed by atoms with Gasteiger partial charge < -0.3 is 10.1 Å². The van der Waals surface area contributed by atoms with Gasteiger partial charge in [0.1, 0.15) is 5.82 Å². The lowest BCUT2D eigenvalue weighted by Crippen LogP contribution is -2.15. The van der Waals surface area contributed by atoms with Crippen molar-refractivity contribution in [3.63, 3.8) is 0 Å². The molecule has 0 aliphatic heterocycles. The van der Waals surface area contributed by atoms with Crippen LogP contribution in [0, 0.1) is 13.8 Å². The third-order valence-electron chi connectivity index (χ3n) is 3.13. The number of hydrogen-bond acceptors (Lipinski definition) is 3. The number of benzene rings is 1. The molecule has 1 heterocycles. The standard InChI is InChI=1S/C15H18N2O2/c1-4-5-12-14(18)16-13(17-15(12)19)11-7-6-9(2)8-10(11)3/h6-8H,4-5H2,1-3H3,(H2,16,17,18,19). The number of hydrogen-bond donors (Lipinski definition) is 2. The number of nitrogens with one attached hydrogen (secondary N) is 1. The SMILES string of the molecule is CCCc1c(O)nc(-c2ccc(C)cc2C)[nH]c1=O. The molecule has 2 aromatic rings. The van der Waals surface area contributed by atoms with E-state index in [0.29, 0.717) is 17.8 Å². The summed E-state index contributed by atoms with van der Waals surface area (Å²) >= 11 is 0. The van der Waals surface area contributed by atoms with Crippen LogP contribution in [0.5, 0.6) is 5.88 Å². The maximum atomic E-state index is 11.9. The minimum atomic E-state index is -0.260. The Morgan fingerprint density at radius 3 is 2.63 bits per heavy atom. The Labute approximate surface area is 112 Å².